The molecule has 3 atom stereocenters. The monoisotopic (exact) mass is 428 g/mol. The summed E-state index contributed by atoms with van der Waals surface area (Å²) in [5, 5.41) is 14.6. The van der Waals surface area contributed by atoms with Crippen molar-refractivity contribution in [3.63, 3.8) is 0 Å². The van der Waals surface area contributed by atoms with E-state index in [4.69, 9.17) is 9.47 Å². The Kier molecular flexibility index (Phi) is 6.69. The molecule has 0 radical (unpaired) electrons. The number of nitriles is 1. The van der Waals surface area contributed by atoms with Crippen LogP contribution in [0.3, 0.4) is 0 Å². The number of methoxy groups -OCH3 is 2. The molecular formula is C23H30N3O3S+. The second-order valence-electron chi connectivity index (χ2n) is 8.21. The summed E-state index contributed by atoms with van der Waals surface area (Å²) in [5.74, 6) is 1.34. The van der Waals surface area contributed by atoms with Crippen molar-refractivity contribution in [3.8, 4) is 17.6 Å². The van der Waals surface area contributed by atoms with Gasteiger partial charge in [-0.2, -0.15) is 5.26 Å². The molecule has 1 aliphatic rings. The Hall–Kier alpha value is -2.56. The number of nitrogens with zero attached hydrogens (tertiary/aromatic N) is 1. The summed E-state index contributed by atoms with van der Waals surface area (Å²) in [7, 11) is 3.28. The Balaban J connectivity index is 1.93. The number of carbonyl (C=O) groups is 1. The molecule has 1 amide bonds. The standard InChI is InChI=1S/C23H29N3O3S/c1-15(2)23(3,14-24)25-21(27)13-26-9-8-16-11-18(28-4)19(29-5)12-17(16)22(26)20-7-6-10-30-20/h6-7,10-12,15,22H,8-9,13H2,1-5H3,(H,25,27)/p+1/t22-,23+/m1/s1. The fourth-order valence-electron chi connectivity index (χ4n) is 3.92. The molecule has 2 heterocycles. The van der Waals surface area contributed by atoms with Gasteiger partial charge in [0.25, 0.3) is 5.91 Å². The zero-order chi connectivity index (χ0) is 21.9. The maximum atomic E-state index is 12.9. The van der Waals surface area contributed by atoms with Gasteiger partial charge in [0.05, 0.1) is 31.7 Å². The van der Waals surface area contributed by atoms with Crippen LogP contribution in [-0.4, -0.2) is 38.8 Å². The highest BCUT2D eigenvalue weighted by Gasteiger charge is 2.37. The zero-order valence-corrected chi connectivity index (χ0v) is 19.1. The molecule has 0 bridgehead atoms. The molecule has 0 fully saturated rings. The molecule has 0 aliphatic carbocycles. The van der Waals surface area contributed by atoms with Gasteiger partial charge >= 0.3 is 0 Å². The van der Waals surface area contributed by atoms with E-state index in [9.17, 15) is 10.1 Å². The van der Waals surface area contributed by atoms with E-state index in [1.165, 1.54) is 15.3 Å². The normalized spacial score (nSPS) is 20.0. The zero-order valence-electron chi connectivity index (χ0n) is 18.2. The van der Waals surface area contributed by atoms with E-state index in [0.29, 0.717) is 12.3 Å². The minimum absolute atomic E-state index is 0.0216. The molecule has 1 unspecified atom stereocenters. The highest BCUT2D eigenvalue weighted by Crippen LogP contribution is 2.37. The maximum Gasteiger partial charge on any atom is 0.276 e. The van der Waals surface area contributed by atoms with Gasteiger partial charge in [0, 0.05) is 12.0 Å². The Morgan fingerprint density at radius 2 is 2.07 bits per heavy atom. The summed E-state index contributed by atoms with van der Waals surface area (Å²) in [5.41, 5.74) is 1.51. The van der Waals surface area contributed by atoms with Crippen LogP contribution in [0, 0.1) is 17.2 Å². The van der Waals surface area contributed by atoms with E-state index in [-0.39, 0.29) is 17.9 Å². The van der Waals surface area contributed by atoms with Crippen molar-refractivity contribution in [1.82, 2.24) is 5.32 Å². The molecule has 160 valence electrons. The van der Waals surface area contributed by atoms with Gasteiger partial charge in [-0.05, 0) is 42.0 Å². The van der Waals surface area contributed by atoms with Crippen LogP contribution in [0.5, 0.6) is 11.5 Å². The van der Waals surface area contributed by atoms with Crippen LogP contribution in [0.1, 0.15) is 42.8 Å². The van der Waals surface area contributed by atoms with Crippen molar-refractivity contribution < 1.29 is 19.2 Å². The van der Waals surface area contributed by atoms with E-state index in [1.54, 1.807) is 32.5 Å². The molecule has 2 aromatic rings. The van der Waals surface area contributed by atoms with Crippen molar-refractivity contribution in [1.29, 1.82) is 5.26 Å². The quantitative estimate of drug-likeness (QED) is 0.710. The minimum atomic E-state index is -0.876. The number of hydrogen-bond acceptors (Lipinski definition) is 5. The lowest BCUT2D eigenvalue weighted by atomic mass is 9.89. The first-order chi connectivity index (χ1) is 14.3. The molecule has 0 saturated carbocycles. The number of quaternary nitrogens is 1. The average Bonchev–Trinajstić information content (AvgIpc) is 3.26. The summed E-state index contributed by atoms with van der Waals surface area (Å²) in [6.45, 7) is 6.80. The maximum absolute atomic E-state index is 12.9. The predicted octanol–water partition coefficient (Wildman–Crippen LogP) is 2.35. The molecular weight excluding hydrogens is 398 g/mol. The first-order valence-corrected chi connectivity index (χ1v) is 11.1. The molecule has 6 nitrogen and oxygen atoms in total. The number of hydrogen-bond donors (Lipinski definition) is 2. The number of thiophene rings is 1. The third-order valence-electron chi connectivity index (χ3n) is 6.08. The largest absolute Gasteiger partial charge is 0.493 e. The summed E-state index contributed by atoms with van der Waals surface area (Å²) in [6.07, 6.45) is 0.847. The number of ether oxygens (including phenoxy) is 2. The van der Waals surface area contributed by atoms with Crippen LogP contribution in [0.15, 0.2) is 29.6 Å². The first kappa shape index (κ1) is 22.1. The van der Waals surface area contributed by atoms with Gasteiger partial charge < -0.3 is 19.7 Å². The molecule has 1 aliphatic heterocycles. The lowest BCUT2D eigenvalue weighted by Crippen LogP contribution is -3.14. The van der Waals surface area contributed by atoms with E-state index in [0.717, 1.165) is 24.3 Å². The van der Waals surface area contributed by atoms with Crippen LogP contribution in [-0.2, 0) is 11.2 Å². The molecule has 1 aromatic heterocycles. The fraction of sp³-hybridized carbons (Fsp3) is 0.478. The third kappa shape index (κ3) is 4.30. The molecule has 7 heteroatoms. The van der Waals surface area contributed by atoms with Crippen LogP contribution < -0.4 is 19.7 Å². The molecule has 2 N–H and O–H groups in total. The Labute approximate surface area is 182 Å². The van der Waals surface area contributed by atoms with Crippen LogP contribution in [0.4, 0.5) is 0 Å². The van der Waals surface area contributed by atoms with Crippen LogP contribution in [0.2, 0.25) is 0 Å². The Bertz CT molecular complexity index is 936. The summed E-state index contributed by atoms with van der Waals surface area (Å²) in [6, 6.07) is 10.5. The number of amides is 1. The van der Waals surface area contributed by atoms with E-state index in [2.05, 4.69) is 28.9 Å². The number of rotatable bonds is 7. The van der Waals surface area contributed by atoms with E-state index >= 15 is 0 Å². The second-order valence-corrected chi connectivity index (χ2v) is 9.19. The van der Waals surface area contributed by atoms with Crippen molar-refractivity contribution in [2.45, 2.75) is 38.8 Å². The number of benzene rings is 1. The van der Waals surface area contributed by atoms with Crippen LogP contribution >= 0.6 is 11.3 Å². The summed E-state index contributed by atoms with van der Waals surface area (Å²) >= 11 is 1.69. The van der Waals surface area contributed by atoms with Gasteiger partial charge in [-0.1, -0.05) is 19.9 Å². The van der Waals surface area contributed by atoms with E-state index < -0.39 is 5.54 Å². The average molecular weight is 429 g/mol. The molecule has 3 rings (SSSR count). The first-order valence-electron chi connectivity index (χ1n) is 10.2. The highest BCUT2D eigenvalue weighted by molar-refractivity contribution is 7.10. The van der Waals surface area contributed by atoms with E-state index in [1.807, 2.05) is 26.0 Å². The lowest BCUT2D eigenvalue weighted by Gasteiger charge is -2.35. The minimum Gasteiger partial charge on any atom is -0.493 e. The number of carbonyl (C=O) groups excluding carboxylic acids is 1. The molecule has 0 spiro atoms. The van der Waals surface area contributed by atoms with Crippen molar-refractivity contribution in [2.75, 3.05) is 27.3 Å². The van der Waals surface area contributed by atoms with Crippen molar-refractivity contribution in [2.24, 2.45) is 5.92 Å². The Morgan fingerprint density at radius 3 is 2.63 bits per heavy atom. The van der Waals surface area contributed by atoms with Crippen molar-refractivity contribution in [3.05, 3.63) is 45.6 Å². The van der Waals surface area contributed by atoms with Gasteiger partial charge in [0.15, 0.2) is 18.0 Å². The predicted molar refractivity (Wildman–Crippen MR) is 117 cm³/mol. The SMILES string of the molecule is COc1cc2c(cc1OC)[C@H](c1cccs1)[NH+](CC(=O)N[C@@](C)(C#N)C(C)C)CC2. The third-order valence-corrected chi connectivity index (χ3v) is 7.02. The summed E-state index contributed by atoms with van der Waals surface area (Å²) < 4.78 is 11.0. The van der Waals surface area contributed by atoms with Gasteiger partial charge in [0.1, 0.15) is 11.6 Å². The fourth-order valence-corrected chi connectivity index (χ4v) is 4.82. The summed E-state index contributed by atoms with van der Waals surface area (Å²) in [4.78, 5) is 15.3. The topological polar surface area (TPSA) is 75.8 Å². The van der Waals surface area contributed by atoms with Gasteiger partial charge in [-0.3, -0.25) is 4.79 Å². The van der Waals surface area contributed by atoms with Gasteiger partial charge in [0.2, 0.25) is 0 Å². The van der Waals surface area contributed by atoms with Gasteiger partial charge in [-0.25, -0.2) is 0 Å². The number of fused-ring (bicyclic) bond motifs is 1. The lowest BCUT2D eigenvalue weighted by molar-refractivity contribution is -0.919. The van der Waals surface area contributed by atoms with Crippen LogP contribution in [0.25, 0.3) is 0 Å². The molecule has 30 heavy (non-hydrogen) atoms. The van der Waals surface area contributed by atoms with Crippen molar-refractivity contribution >= 4 is 17.2 Å². The molecule has 0 saturated heterocycles. The number of nitrogens with one attached hydrogen (secondary N) is 2. The van der Waals surface area contributed by atoms with Gasteiger partial charge in [-0.15, -0.1) is 11.3 Å². The molecule has 1 aromatic carbocycles. The smallest absolute Gasteiger partial charge is 0.276 e. The highest BCUT2D eigenvalue weighted by atomic mass is 32.1. The Morgan fingerprint density at radius 1 is 1.37 bits per heavy atom. The second kappa shape index (κ2) is 9.07.